The number of anilines is 1. The van der Waals surface area contributed by atoms with E-state index >= 15 is 0 Å². The summed E-state index contributed by atoms with van der Waals surface area (Å²) in [5.41, 5.74) is 0.622. The summed E-state index contributed by atoms with van der Waals surface area (Å²) >= 11 is 0. The first-order valence-corrected chi connectivity index (χ1v) is 9.31. The van der Waals surface area contributed by atoms with Gasteiger partial charge in [0.2, 0.25) is 0 Å². The van der Waals surface area contributed by atoms with Crippen LogP contribution in [-0.4, -0.2) is 40.5 Å². The van der Waals surface area contributed by atoms with Gasteiger partial charge in [0.1, 0.15) is 5.82 Å². The van der Waals surface area contributed by atoms with Gasteiger partial charge in [0.05, 0.1) is 0 Å². The SMILES string of the molecule is CC1(C)C[C@@H]2CN(C(=O)c3ncccc3F)CC[C@@H]2N1c1cccc(F)c1. The highest BCUT2D eigenvalue weighted by Gasteiger charge is 2.48. The minimum atomic E-state index is -0.585. The first-order valence-electron chi connectivity index (χ1n) is 9.31. The van der Waals surface area contributed by atoms with E-state index in [9.17, 15) is 13.6 Å². The molecular formula is C21H23F2N3O. The number of hydrogen-bond donors (Lipinski definition) is 0. The number of carbonyl (C=O) groups is 1. The third-order valence-corrected chi connectivity index (χ3v) is 5.77. The lowest BCUT2D eigenvalue weighted by Crippen LogP contribution is -2.50. The topological polar surface area (TPSA) is 36.4 Å². The van der Waals surface area contributed by atoms with Crippen LogP contribution in [0.1, 0.15) is 37.2 Å². The van der Waals surface area contributed by atoms with E-state index in [2.05, 4.69) is 23.7 Å². The second kappa shape index (κ2) is 6.59. The predicted molar refractivity (Wildman–Crippen MR) is 99.6 cm³/mol. The Kier molecular flexibility index (Phi) is 4.36. The van der Waals surface area contributed by atoms with Gasteiger partial charge in [-0.3, -0.25) is 4.79 Å². The quantitative estimate of drug-likeness (QED) is 0.804. The molecule has 142 valence electrons. The highest BCUT2D eigenvalue weighted by molar-refractivity contribution is 5.92. The molecular weight excluding hydrogens is 348 g/mol. The van der Waals surface area contributed by atoms with Crippen LogP contribution in [0.2, 0.25) is 0 Å². The molecule has 2 atom stereocenters. The van der Waals surface area contributed by atoms with Crippen molar-refractivity contribution >= 4 is 11.6 Å². The van der Waals surface area contributed by atoms with E-state index in [0.717, 1.165) is 18.5 Å². The Morgan fingerprint density at radius 3 is 2.78 bits per heavy atom. The molecule has 6 heteroatoms. The Hall–Kier alpha value is -2.50. The largest absolute Gasteiger partial charge is 0.363 e. The van der Waals surface area contributed by atoms with Crippen molar-refractivity contribution in [2.45, 2.75) is 38.3 Å². The van der Waals surface area contributed by atoms with Crippen LogP contribution in [0.4, 0.5) is 14.5 Å². The van der Waals surface area contributed by atoms with Crippen molar-refractivity contribution in [1.82, 2.24) is 9.88 Å². The van der Waals surface area contributed by atoms with Crippen molar-refractivity contribution in [3.63, 3.8) is 0 Å². The smallest absolute Gasteiger partial charge is 0.275 e. The average molecular weight is 371 g/mol. The first kappa shape index (κ1) is 17.9. The summed E-state index contributed by atoms with van der Waals surface area (Å²) < 4.78 is 27.7. The van der Waals surface area contributed by atoms with Crippen LogP contribution in [0.3, 0.4) is 0 Å². The van der Waals surface area contributed by atoms with Crippen molar-refractivity contribution in [1.29, 1.82) is 0 Å². The normalized spacial score (nSPS) is 24.0. The van der Waals surface area contributed by atoms with Crippen LogP contribution in [0.15, 0.2) is 42.6 Å². The molecule has 3 heterocycles. The second-order valence-corrected chi connectivity index (χ2v) is 8.07. The number of nitrogens with zero attached hydrogens (tertiary/aromatic N) is 3. The number of halogens is 2. The molecule has 2 aliphatic heterocycles. The number of carbonyl (C=O) groups excluding carboxylic acids is 1. The number of piperidine rings is 1. The summed E-state index contributed by atoms with van der Waals surface area (Å²) in [6.45, 7) is 5.41. The Labute approximate surface area is 157 Å². The van der Waals surface area contributed by atoms with Crippen LogP contribution >= 0.6 is 0 Å². The molecule has 2 saturated heterocycles. The zero-order valence-electron chi connectivity index (χ0n) is 15.5. The average Bonchev–Trinajstić information content (AvgIpc) is 2.90. The van der Waals surface area contributed by atoms with Gasteiger partial charge in [-0.25, -0.2) is 13.8 Å². The zero-order chi connectivity index (χ0) is 19.2. The Morgan fingerprint density at radius 1 is 1.22 bits per heavy atom. The number of fused-ring (bicyclic) bond motifs is 1. The van der Waals surface area contributed by atoms with E-state index in [1.165, 1.54) is 24.4 Å². The molecule has 4 nitrogen and oxygen atoms in total. The van der Waals surface area contributed by atoms with Gasteiger partial charge >= 0.3 is 0 Å². The molecule has 1 amide bonds. The minimum Gasteiger partial charge on any atom is -0.363 e. The Bertz CT molecular complexity index is 870. The molecule has 27 heavy (non-hydrogen) atoms. The molecule has 0 N–H and O–H groups in total. The maximum Gasteiger partial charge on any atom is 0.275 e. The van der Waals surface area contributed by atoms with Gasteiger partial charge in [0.15, 0.2) is 11.5 Å². The van der Waals surface area contributed by atoms with Crippen LogP contribution in [0.5, 0.6) is 0 Å². The first-order chi connectivity index (χ1) is 12.9. The van der Waals surface area contributed by atoms with Gasteiger partial charge in [-0.1, -0.05) is 6.07 Å². The summed E-state index contributed by atoms with van der Waals surface area (Å²) in [5, 5.41) is 0. The van der Waals surface area contributed by atoms with Crippen molar-refractivity contribution in [2.24, 2.45) is 5.92 Å². The summed E-state index contributed by atoms with van der Waals surface area (Å²) in [4.78, 5) is 20.6. The van der Waals surface area contributed by atoms with Gasteiger partial charge in [-0.15, -0.1) is 0 Å². The highest BCUT2D eigenvalue weighted by atomic mass is 19.1. The van der Waals surface area contributed by atoms with Gasteiger partial charge in [0.25, 0.3) is 5.91 Å². The Morgan fingerprint density at radius 2 is 2.04 bits per heavy atom. The Balaban J connectivity index is 1.57. The molecule has 1 aromatic heterocycles. The molecule has 0 saturated carbocycles. The third-order valence-electron chi connectivity index (χ3n) is 5.77. The summed E-state index contributed by atoms with van der Waals surface area (Å²) in [5.74, 6) is -0.927. The summed E-state index contributed by atoms with van der Waals surface area (Å²) in [6.07, 6.45) is 3.10. The summed E-state index contributed by atoms with van der Waals surface area (Å²) in [6, 6.07) is 9.67. The van der Waals surface area contributed by atoms with Crippen LogP contribution in [-0.2, 0) is 0 Å². The van der Waals surface area contributed by atoms with E-state index in [-0.39, 0.29) is 34.9 Å². The molecule has 0 radical (unpaired) electrons. The molecule has 4 rings (SSSR count). The van der Waals surface area contributed by atoms with E-state index in [4.69, 9.17) is 0 Å². The van der Waals surface area contributed by atoms with Crippen molar-refractivity contribution in [3.05, 3.63) is 59.9 Å². The number of rotatable bonds is 2. The van der Waals surface area contributed by atoms with E-state index < -0.39 is 5.82 Å². The number of likely N-dealkylation sites (tertiary alicyclic amines) is 1. The molecule has 2 fully saturated rings. The fraction of sp³-hybridized carbons (Fsp3) is 0.429. The molecule has 0 aliphatic carbocycles. The fourth-order valence-corrected chi connectivity index (χ4v) is 4.79. The maximum absolute atomic E-state index is 14.0. The monoisotopic (exact) mass is 371 g/mol. The van der Waals surface area contributed by atoms with Gasteiger partial charge in [-0.05, 0) is 62.9 Å². The van der Waals surface area contributed by atoms with Crippen LogP contribution < -0.4 is 4.90 Å². The number of pyridine rings is 1. The van der Waals surface area contributed by atoms with E-state index in [1.54, 1.807) is 17.0 Å². The van der Waals surface area contributed by atoms with E-state index in [1.807, 2.05) is 6.07 Å². The van der Waals surface area contributed by atoms with Crippen molar-refractivity contribution < 1.29 is 13.6 Å². The third kappa shape index (κ3) is 3.17. The zero-order valence-corrected chi connectivity index (χ0v) is 15.5. The van der Waals surface area contributed by atoms with Crippen LogP contribution in [0, 0.1) is 17.6 Å². The number of benzene rings is 1. The lowest BCUT2D eigenvalue weighted by Gasteiger charge is -2.41. The van der Waals surface area contributed by atoms with Crippen molar-refractivity contribution in [3.8, 4) is 0 Å². The molecule has 1 aromatic carbocycles. The molecule has 0 bridgehead atoms. The molecule has 0 spiro atoms. The number of hydrogen-bond acceptors (Lipinski definition) is 3. The minimum absolute atomic E-state index is 0.116. The van der Waals surface area contributed by atoms with Gasteiger partial charge < -0.3 is 9.80 Å². The highest BCUT2D eigenvalue weighted by Crippen LogP contribution is 2.44. The number of amides is 1. The van der Waals surface area contributed by atoms with E-state index in [0.29, 0.717) is 13.1 Å². The van der Waals surface area contributed by atoms with Crippen molar-refractivity contribution in [2.75, 3.05) is 18.0 Å². The maximum atomic E-state index is 14.0. The predicted octanol–water partition coefficient (Wildman–Crippen LogP) is 3.88. The molecule has 2 aromatic rings. The van der Waals surface area contributed by atoms with Gasteiger partial charge in [-0.2, -0.15) is 0 Å². The standard InChI is InChI=1S/C21H23F2N3O/c1-21(2)12-14-13-25(20(27)19-17(23)7-4-9-24-19)10-8-18(14)26(21)16-6-3-5-15(22)11-16/h3-7,9,11,14,18H,8,10,12-13H2,1-2H3/t14-,18+/m1/s1. The second-order valence-electron chi connectivity index (χ2n) is 8.07. The van der Waals surface area contributed by atoms with Gasteiger partial charge in [0, 0.05) is 36.6 Å². The summed E-state index contributed by atoms with van der Waals surface area (Å²) in [7, 11) is 0. The number of aromatic nitrogens is 1. The molecule has 2 aliphatic rings. The lowest BCUT2D eigenvalue weighted by atomic mass is 9.89. The molecule has 0 unspecified atom stereocenters. The van der Waals surface area contributed by atoms with Crippen LogP contribution in [0.25, 0.3) is 0 Å². The fourth-order valence-electron chi connectivity index (χ4n) is 4.79. The lowest BCUT2D eigenvalue weighted by molar-refractivity contribution is 0.0656.